The van der Waals surface area contributed by atoms with E-state index in [-0.39, 0.29) is 11.9 Å². The van der Waals surface area contributed by atoms with Crippen molar-refractivity contribution in [1.29, 1.82) is 0 Å². The van der Waals surface area contributed by atoms with E-state index in [1.165, 1.54) is 54.4 Å². The van der Waals surface area contributed by atoms with Gasteiger partial charge in [0.05, 0.1) is 11.6 Å². The highest BCUT2D eigenvalue weighted by Gasteiger charge is 2.51. The van der Waals surface area contributed by atoms with Crippen LogP contribution in [0.25, 0.3) is 11.1 Å². The molecule has 0 radical (unpaired) electrons. The summed E-state index contributed by atoms with van der Waals surface area (Å²) in [6.07, 6.45) is 7.20. The zero-order chi connectivity index (χ0) is 19.5. The molecule has 4 fully saturated rings. The number of oxime groups is 1. The zero-order valence-electron chi connectivity index (χ0n) is 16.9. The Kier molecular flexibility index (Phi) is 3.94. The van der Waals surface area contributed by atoms with Gasteiger partial charge in [-0.15, -0.1) is 0 Å². The van der Waals surface area contributed by atoms with Crippen molar-refractivity contribution in [2.24, 2.45) is 34.7 Å². The number of hydrogen-bond donors (Lipinski definition) is 0. The molecule has 0 spiro atoms. The first-order chi connectivity index (χ1) is 14.2. The fourth-order valence-corrected chi connectivity index (χ4v) is 7.03. The summed E-state index contributed by atoms with van der Waals surface area (Å²) >= 11 is 0. The molecule has 5 aliphatic carbocycles. The maximum Gasteiger partial charge on any atom is 0.338 e. The number of carbonyl (C=O) groups is 1. The smallest absolute Gasteiger partial charge is 0.318 e. The predicted octanol–water partition coefficient (Wildman–Crippen LogP) is 5.60. The topological polar surface area (TPSA) is 38.7 Å². The highest BCUT2D eigenvalue weighted by molar-refractivity contribution is 6.02. The molecule has 0 N–H and O–H groups in total. The Hall–Kier alpha value is -2.42. The molecule has 0 unspecified atom stereocenters. The SMILES string of the molecule is CC(=NOC(=O)C1C2CC3CC(C2)CC1C3)c1cccc2c1Cc1ccccc1-2. The number of carbonyl (C=O) groups excluding carboxylic acids is 1. The van der Waals surface area contributed by atoms with Crippen LogP contribution >= 0.6 is 0 Å². The molecule has 7 rings (SSSR count). The molecule has 5 aliphatic rings. The lowest BCUT2D eigenvalue weighted by molar-refractivity contribution is -0.162. The molecular weight excluding hydrogens is 358 g/mol. The second kappa shape index (κ2) is 6.55. The van der Waals surface area contributed by atoms with E-state index in [9.17, 15) is 4.79 Å². The summed E-state index contributed by atoms with van der Waals surface area (Å²) in [5.41, 5.74) is 7.13. The average Bonchev–Trinajstić information content (AvgIpc) is 3.10. The van der Waals surface area contributed by atoms with Crippen molar-refractivity contribution in [3.05, 3.63) is 59.2 Å². The minimum absolute atomic E-state index is 0.0742. The largest absolute Gasteiger partial charge is 0.338 e. The van der Waals surface area contributed by atoms with Gasteiger partial charge < -0.3 is 4.84 Å². The van der Waals surface area contributed by atoms with E-state index in [1.807, 2.05) is 6.92 Å². The molecule has 3 heteroatoms. The molecule has 0 aromatic heterocycles. The lowest BCUT2D eigenvalue weighted by atomic mass is 9.52. The maximum atomic E-state index is 13.0. The number of nitrogens with zero attached hydrogens (tertiary/aromatic N) is 1. The standard InChI is InChI=1S/C26H27NO2/c1-15(21-7-4-8-23-22-6-3-2-5-18(22)14-24(21)23)27-29-26(28)25-19-10-16-9-17(12-19)13-20(25)11-16/h2-8,16-17,19-20,25H,9-14H2,1H3. The van der Waals surface area contributed by atoms with Gasteiger partial charge in [-0.05, 0) is 91.4 Å². The Labute approximate surface area is 172 Å². The van der Waals surface area contributed by atoms with Crippen LogP contribution in [0, 0.1) is 29.6 Å². The molecule has 29 heavy (non-hydrogen) atoms. The van der Waals surface area contributed by atoms with E-state index in [4.69, 9.17) is 4.84 Å². The van der Waals surface area contributed by atoms with Gasteiger partial charge in [-0.3, -0.25) is 0 Å². The normalized spacial score (nSPS) is 31.5. The van der Waals surface area contributed by atoms with Gasteiger partial charge in [-0.2, -0.15) is 0 Å². The van der Waals surface area contributed by atoms with Gasteiger partial charge in [0.2, 0.25) is 0 Å². The summed E-state index contributed by atoms with van der Waals surface area (Å²) in [6.45, 7) is 1.96. The van der Waals surface area contributed by atoms with Crippen LogP contribution in [0.3, 0.4) is 0 Å². The summed E-state index contributed by atoms with van der Waals surface area (Å²) in [4.78, 5) is 18.5. The molecule has 4 bridgehead atoms. The Morgan fingerprint density at radius 2 is 1.59 bits per heavy atom. The van der Waals surface area contributed by atoms with Gasteiger partial charge in [0.15, 0.2) is 0 Å². The Bertz CT molecular complexity index is 993. The number of hydrogen-bond acceptors (Lipinski definition) is 3. The lowest BCUT2D eigenvalue weighted by Gasteiger charge is -2.53. The molecule has 148 valence electrons. The summed E-state index contributed by atoms with van der Waals surface area (Å²) in [5.74, 6) is 2.77. The molecule has 0 heterocycles. The van der Waals surface area contributed by atoms with E-state index in [0.29, 0.717) is 11.8 Å². The van der Waals surface area contributed by atoms with E-state index in [0.717, 1.165) is 29.5 Å². The maximum absolute atomic E-state index is 13.0. The number of rotatable bonds is 3. The highest BCUT2D eigenvalue weighted by Crippen LogP contribution is 2.56. The van der Waals surface area contributed by atoms with Crippen molar-refractivity contribution in [3.8, 4) is 11.1 Å². The van der Waals surface area contributed by atoms with Crippen molar-refractivity contribution >= 4 is 11.7 Å². The number of fused-ring (bicyclic) bond motifs is 3. The summed E-state index contributed by atoms with van der Waals surface area (Å²) in [7, 11) is 0. The Balaban J connectivity index is 1.23. The van der Waals surface area contributed by atoms with Crippen LogP contribution in [0.15, 0.2) is 47.6 Å². The summed E-state index contributed by atoms with van der Waals surface area (Å²) in [5, 5.41) is 4.33. The van der Waals surface area contributed by atoms with Gasteiger partial charge in [-0.1, -0.05) is 47.6 Å². The fraction of sp³-hybridized carbons (Fsp3) is 0.462. The van der Waals surface area contributed by atoms with Crippen LogP contribution < -0.4 is 0 Å². The molecule has 0 saturated heterocycles. The minimum Gasteiger partial charge on any atom is -0.318 e. The lowest BCUT2D eigenvalue weighted by Crippen LogP contribution is -2.48. The van der Waals surface area contributed by atoms with Gasteiger partial charge in [0.1, 0.15) is 0 Å². The number of benzene rings is 2. The zero-order valence-corrected chi connectivity index (χ0v) is 16.9. The van der Waals surface area contributed by atoms with Crippen LogP contribution in [0.2, 0.25) is 0 Å². The van der Waals surface area contributed by atoms with Crippen LogP contribution in [-0.2, 0) is 16.1 Å². The monoisotopic (exact) mass is 385 g/mol. The first-order valence-electron chi connectivity index (χ1n) is 11.1. The van der Waals surface area contributed by atoms with Gasteiger partial charge in [0, 0.05) is 5.56 Å². The van der Waals surface area contributed by atoms with Crippen molar-refractivity contribution < 1.29 is 9.63 Å². The molecule has 0 amide bonds. The first-order valence-corrected chi connectivity index (χ1v) is 11.1. The summed E-state index contributed by atoms with van der Waals surface area (Å²) in [6, 6.07) is 14.9. The quantitative estimate of drug-likeness (QED) is 0.334. The van der Waals surface area contributed by atoms with Crippen molar-refractivity contribution in [3.63, 3.8) is 0 Å². The molecule has 0 aliphatic heterocycles. The van der Waals surface area contributed by atoms with Crippen LogP contribution in [0.1, 0.15) is 55.7 Å². The second-order valence-electron chi connectivity index (χ2n) is 9.71. The Morgan fingerprint density at radius 1 is 0.897 bits per heavy atom. The van der Waals surface area contributed by atoms with Gasteiger partial charge in [-0.25, -0.2) is 4.79 Å². The third kappa shape index (κ3) is 2.78. The van der Waals surface area contributed by atoms with Crippen molar-refractivity contribution in [2.45, 2.75) is 45.4 Å². The van der Waals surface area contributed by atoms with Crippen molar-refractivity contribution in [1.82, 2.24) is 0 Å². The summed E-state index contributed by atoms with van der Waals surface area (Å²) < 4.78 is 0. The molecule has 2 aromatic carbocycles. The molecule has 0 atom stereocenters. The highest BCUT2D eigenvalue weighted by atomic mass is 16.7. The van der Waals surface area contributed by atoms with Gasteiger partial charge in [0.25, 0.3) is 0 Å². The van der Waals surface area contributed by atoms with E-state index < -0.39 is 0 Å². The third-order valence-electron chi connectivity index (χ3n) is 8.01. The van der Waals surface area contributed by atoms with Crippen molar-refractivity contribution in [2.75, 3.05) is 0 Å². The van der Waals surface area contributed by atoms with E-state index in [2.05, 4.69) is 47.6 Å². The van der Waals surface area contributed by atoms with E-state index in [1.54, 1.807) is 0 Å². The van der Waals surface area contributed by atoms with Crippen LogP contribution in [0.5, 0.6) is 0 Å². The molecule has 4 saturated carbocycles. The van der Waals surface area contributed by atoms with Crippen LogP contribution in [-0.4, -0.2) is 11.7 Å². The minimum atomic E-state index is -0.0889. The van der Waals surface area contributed by atoms with Crippen LogP contribution in [0.4, 0.5) is 0 Å². The second-order valence-corrected chi connectivity index (χ2v) is 9.71. The fourth-order valence-electron chi connectivity index (χ4n) is 7.03. The average molecular weight is 386 g/mol. The Morgan fingerprint density at radius 3 is 2.34 bits per heavy atom. The molecular formula is C26H27NO2. The third-order valence-corrected chi connectivity index (χ3v) is 8.01. The van der Waals surface area contributed by atoms with E-state index >= 15 is 0 Å². The van der Waals surface area contributed by atoms with Gasteiger partial charge >= 0.3 is 5.97 Å². The molecule has 2 aromatic rings. The predicted molar refractivity (Wildman–Crippen MR) is 114 cm³/mol. The molecule has 3 nitrogen and oxygen atoms in total. The first kappa shape index (κ1) is 17.4.